The molecule has 0 aliphatic carbocycles. The van der Waals surface area contributed by atoms with E-state index in [-0.39, 0.29) is 16.8 Å². The second kappa shape index (κ2) is 8.92. The summed E-state index contributed by atoms with van der Waals surface area (Å²) >= 11 is 7.45. The minimum Gasteiger partial charge on any atom is -0.325 e. The Bertz CT molecular complexity index is 922. The van der Waals surface area contributed by atoms with E-state index in [1.807, 2.05) is 31.0 Å². The Hall–Kier alpha value is -1.45. The zero-order valence-electron chi connectivity index (χ0n) is 15.9. The summed E-state index contributed by atoms with van der Waals surface area (Å²) in [4.78, 5) is 15.8. The van der Waals surface area contributed by atoms with Gasteiger partial charge in [-0.25, -0.2) is 8.42 Å². The lowest BCUT2D eigenvalue weighted by atomic mass is 10.2. The molecule has 152 valence electrons. The van der Waals surface area contributed by atoms with Crippen molar-refractivity contribution in [2.24, 2.45) is 0 Å². The van der Waals surface area contributed by atoms with Gasteiger partial charge in [-0.05, 0) is 63.2 Å². The molecule has 1 amide bonds. The predicted octanol–water partition coefficient (Wildman–Crippen LogP) is 3.65. The van der Waals surface area contributed by atoms with Crippen molar-refractivity contribution in [2.45, 2.75) is 37.2 Å². The third kappa shape index (κ3) is 4.93. The van der Waals surface area contributed by atoms with Gasteiger partial charge in [-0.2, -0.15) is 4.31 Å². The number of rotatable bonds is 7. The van der Waals surface area contributed by atoms with Crippen molar-refractivity contribution in [3.63, 3.8) is 0 Å². The lowest BCUT2D eigenvalue weighted by Crippen LogP contribution is -2.39. The molecule has 0 radical (unpaired) electrons. The third-order valence-corrected chi connectivity index (χ3v) is 8.03. The summed E-state index contributed by atoms with van der Waals surface area (Å²) in [6.45, 7) is 3.59. The number of carbonyl (C=O) groups is 1. The van der Waals surface area contributed by atoms with Gasteiger partial charge in [-0.15, -0.1) is 11.3 Å². The number of benzene rings is 1. The van der Waals surface area contributed by atoms with E-state index in [9.17, 15) is 13.2 Å². The summed E-state index contributed by atoms with van der Waals surface area (Å²) in [5.41, 5.74) is 0.574. The average molecular weight is 442 g/mol. The van der Waals surface area contributed by atoms with Crippen LogP contribution in [0.15, 0.2) is 41.3 Å². The lowest BCUT2D eigenvalue weighted by molar-refractivity contribution is -0.120. The van der Waals surface area contributed by atoms with Gasteiger partial charge < -0.3 is 5.32 Å². The van der Waals surface area contributed by atoms with Crippen LogP contribution in [0.25, 0.3) is 0 Å². The number of hydrogen-bond acceptors (Lipinski definition) is 5. The number of nitrogens with zero attached hydrogens (tertiary/aromatic N) is 2. The molecule has 0 unspecified atom stereocenters. The molecule has 1 aliphatic rings. The highest BCUT2D eigenvalue weighted by Crippen LogP contribution is 2.24. The molecule has 0 saturated carbocycles. The van der Waals surface area contributed by atoms with Gasteiger partial charge in [-0.3, -0.25) is 9.69 Å². The van der Waals surface area contributed by atoms with Gasteiger partial charge in [-0.1, -0.05) is 11.6 Å². The number of likely N-dealkylation sites (N-methyl/N-ethyl adjacent to an activating group) is 1. The van der Waals surface area contributed by atoms with E-state index in [1.54, 1.807) is 24.3 Å². The van der Waals surface area contributed by atoms with Crippen molar-refractivity contribution >= 4 is 44.6 Å². The van der Waals surface area contributed by atoms with Gasteiger partial charge in [0.05, 0.1) is 15.3 Å². The molecule has 2 aromatic rings. The molecule has 1 aromatic heterocycles. The van der Waals surface area contributed by atoms with Crippen molar-refractivity contribution < 1.29 is 13.2 Å². The fourth-order valence-electron chi connectivity index (χ4n) is 3.05. The normalized spacial score (nSPS) is 16.4. The van der Waals surface area contributed by atoms with E-state index >= 15 is 0 Å². The molecular weight excluding hydrogens is 418 g/mol. The van der Waals surface area contributed by atoms with Crippen LogP contribution in [-0.2, 0) is 21.4 Å². The van der Waals surface area contributed by atoms with E-state index < -0.39 is 10.0 Å². The summed E-state index contributed by atoms with van der Waals surface area (Å²) in [5.74, 6) is -0.152. The highest BCUT2D eigenvalue weighted by molar-refractivity contribution is 7.89. The maximum atomic E-state index is 12.6. The lowest BCUT2D eigenvalue weighted by Gasteiger charge is -2.23. The second-order valence-corrected chi connectivity index (χ2v) is 10.7. The Morgan fingerprint density at radius 1 is 1.21 bits per heavy atom. The number of thiophene rings is 1. The fourth-order valence-corrected chi connectivity index (χ4v) is 5.72. The van der Waals surface area contributed by atoms with Crippen LogP contribution in [0.1, 0.15) is 24.6 Å². The minimum atomic E-state index is -3.44. The number of sulfonamides is 1. The third-order valence-electron chi connectivity index (χ3n) is 4.90. The average Bonchev–Trinajstić information content (AvgIpc) is 3.34. The maximum absolute atomic E-state index is 12.6. The number of anilines is 1. The van der Waals surface area contributed by atoms with Crippen LogP contribution < -0.4 is 5.32 Å². The molecular formula is C19H24ClN3O3S2. The van der Waals surface area contributed by atoms with Gasteiger partial charge in [0.15, 0.2) is 0 Å². The summed E-state index contributed by atoms with van der Waals surface area (Å²) in [6, 6.07) is 9.80. The number of hydrogen-bond donors (Lipinski definition) is 1. The number of carbonyl (C=O) groups excluding carboxylic acids is 1. The van der Waals surface area contributed by atoms with Crippen molar-refractivity contribution in [3.8, 4) is 0 Å². The van der Waals surface area contributed by atoms with Crippen molar-refractivity contribution in [2.75, 3.05) is 25.5 Å². The van der Waals surface area contributed by atoms with Gasteiger partial charge >= 0.3 is 0 Å². The molecule has 1 aliphatic heterocycles. The van der Waals surface area contributed by atoms with E-state index in [4.69, 9.17) is 11.6 Å². The van der Waals surface area contributed by atoms with Gasteiger partial charge in [0.2, 0.25) is 15.9 Å². The van der Waals surface area contributed by atoms with Crippen molar-refractivity contribution in [3.05, 3.63) is 45.6 Å². The summed E-state index contributed by atoms with van der Waals surface area (Å²) in [6.07, 6.45) is 1.80. The second-order valence-electron chi connectivity index (χ2n) is 6.92. The van der Waals surface area contributed by atoms with E-state index in [1.165, 1.54) is 15.6 Å². The Labute approximate surface area is 175 Å². The molecule has 1 fully saturated rings. The zero-order chi connectivity index (χ0) is 20.3. The molecule has 2 heterocycles. The number of amides is 1. The Balaban J connectivity index is 1.60. The van der Waals surface area contributed by atoms with Gasteiger partial charge in [0, 0.05) is 30.2 Å². The minimum absolute atomic E-state index is 0.152. The van der Waals surface area contributed by atoms with Crippen LogP contribution in [0.3, 0.4) is 0 Å². The quantitative estimate of drug-likeness (QED) is 0.712. The molecule has 0 spiro atoms. The number of nitrogens with one attached hydrogen (secondary N) is 1. The van der Waals surface area contributed by atoms with Crippen molar-refractivity contribution in [1.82, 2.24) is 9.21 Å². The SMILES string of the molecule is C[C@H](C(=O)Nc1ccc(S(=O)(=O)N2CCCC2)cc1)N(C)Cc1ccc(Cl)s1. The topological polar surface area (TPSA) is 69.7 Å². The van der Waals surface area contributed by atoms with E-state index in [2.05, 4.69) is 5.32 Å². The van der Waals surface area contributed by atoms with Crippen molar-refractivity contribution in [1.29, 1.82) is 0 Å². The van der Waals surface area contributed by atoms with Crippen LogP contribution in [-0.4, -0.2) is 49.7 Å². The largest absolute Gasteiger partial charge is 0.325 e. The fraction of sp³-hybridized carbons (Fsp3) is 0.421. The zero-order valence-corrected chi connectivity index (χ0v) is 18.3. The molecule has 6 nitrogen and oxygen atoms in total. The molecule has 28 heavy (non-hydrogen) atoms. The van der Waals surface area contributed by atoms with Crippen LogP contribution in [0, 0.1) is 0 Å². The summed E-state index contributed by atoms with van der Waals surface area (Å²) in [7, 11) is -1.56. The molecule has 0 bridgehead atoms. The van der Waals surface area contributed by atoms with Crippen LogP contribution in [0.2, 0.25) is 4.34 Å². The molecule has 1 N–H and O–H groups in total. The summed E-state index contributed by atoms with van der Waals surface area (Å²) in [5, 5.41) is 2.85. The van der Waals surface area contributed by atoms with E-state index in [0.29, 0.717) is 25.3 Å². The first-order valence-corrected chi connectivity index (χ1v) is 11.8. The van der Waals surface area contributed by atoms with Gasteiger partial charge in [0.25, 0.3) is 0 Å². The van der Waals surface area contributed by atoms with E-state index in [0.717, 1.165) is 22.1 Å². The molecule has 9 heteroatoms. The standard InChI is InChI=1S/C19H24ClN3O3S2/c1-14(22(2)13-16-7-10-18(20)27-16)19(24)21-15-5-8-17(9-6-15)28(25,26)23-11-3-4-12-23/h5-10,14H,3-4,11-13H2,1-2H3,(H,21,24)/t14-/m1/s1. The van der Waals surface area contributed by atoms with Crippen LogP contribution in [0.5, 0.6) is 0 Å². The first kappa shape index (κ1) is 21.3. The predicted molar refractivity (Wildman–Crippen MR) is 113 cm³/mol. The first-order chi connectivity index (χ1) is 13.3. The van der Waals surface area contributed by atoms with Crippen LogP contribution >= 0.6 is 22.9 Å². The number of halogens is 1. The molecule has 3 rings (SSSR count). The smallest absolute Gasteiger partial charge is 0.243 e. The monoisotopic (exact) mass is 441 g/mol. The summed E-state index contributed by atoms with van der Waals surface area (Å²) < 4.78 is 27.4. The molecule has 1 saturated heterocycles. The molecule has 1 atom stereocenters. The Morgan fingerprint density at radius 2 is 1.86 bits per heavy atom. The van der Waals surface area contributed by atoms with Crippen LogP contribution in [0.4, 0.5) is 5.69 Å². The maximum Gasteiger partial charge on any atom is 0.243 e. The van der Waals surface area contributed by atoms with Gasteiger partial charge in [0.1, 0.15) is 0 Å². The highest BCUT2D eigenvalue weighted by Gasteiger charge is 2.27. The first-order valence-electron chi connectivity index (χ1n) is 9.13. The molecule has 1 aromatic carbocycles. The highest BCUT2D eigenvalue weighted by atomic mass is 35.5. The Morgan fingerprint density at radius 3 is 2.43 bits per heavy atom. The Kier molecular flexibility index (Phi) is 6.77.